The van der Waals surface area contributed by atoms with E-state index in [2.05, 4.69) is 32.2 Å². The fourth-order valence-corrected chi connectivity index (χ4v) is 2.79. The van der Waals surface area contributed by atoms with Crippen molar-refractivity contribution in [1.82, 2.24) is 5.32 Å². The molecule has 3 nitrogen and oxygen atoms in total. The van der Waals surface area contributed by atoms with E-state index in [4.69, 9.17) is 20.8 Å². The Morgan fingerprint density at radius 3 is 2.71 bits per heavy atom. The van der Waals surface area contributed by atoms with Crippen molar-refractivity contribution in [3.8, 4) is 0 Å². The first-order chi connectivity index (χ1) is 9.97. The molecule has 2 aromatic rings. The third kappa shape index (κ3) is 3.79. The van der Waals surface area contributed by atoms with Gasteiger partial charge in [0.2, 0.25) is 0 Å². The molecule has 2 rings (SSSR count). The standard InChI is InChI=1S/C17H24ClNO2/c1-5-9-19-16(17(3,4)20-6-2)15-11-12-10-13(18)7-8-14(12)21-15/h7-8,10-11,16,19H,5-6,9H2,1-4H3. The van der Waals surface area contributed by atoms with Crippen molar-refractivity contribution in [3.63, 3.8) is 0 Å². The van der Waals surface area contributed by atoms with Gasteiger partial charge in [-0.15, -0.1) is 0 Å². The predicted octanol–water partition coefficient (Wildman–Crippen LogP) is 4.94. The molecule has 1 aromatic heterocycles. The molecule has 1 atom stereocenters. The van der Waals surface area contributed by atoms with Gasteiger partial charge in [0.25, 0.3) is 0 Å². The van der Waals surface area contributed by atoms with Crippen molar-refractivity contribution in [3.05, 3.63) is 35.0 Å². The first-order valence-electron chi connectivity index (χ1n) is 7.54. The highest BCUT2D eigenvalue weighted by Gasteiger charge is 2.33. The van der Waals surface area contributed by atoms with Gasteiger partial charge >= 0.3 is 0 Å². The SMILES string of the molecule is CCCNC(c1cc2cc(Cl)ccc2o1)C(C)(C)OCC. The molecule has 0 saturated carbocycles. The smallest absolute Gasteiger partial charge is 0.134 e. The molecule has 0 fully saturated rings. The van der Waals surface area contributed by atoms with E-state index < -0.39 is 0 Å². The molecule has 0 saturated heterocycles. The second kappa shape index (κ2) is 6.82. The van der Waals surface area contributed by atoms with Gasteiger partial charge in [0.15, 0.2) is 0 Å². The van der Waals surface area contributed by atoms with E-state index in [0.29, 0.717) is 6.61 Å². The van der Waals surface area contributed by atoms with Gasteiger partial charge in [-0.05, 0) is 58.0 Å². The van der Waals surface area contributed by atoms with Crippen molar-refractivity contribution >= 4 is 22.6 Å². The number of halogens is 1. The summed E-state index contributed by atoms with van der Waals surface area (Å²) in [6, 6.07) is 7.73. The van der Waals surface area contributed by atoms with Gasteiger partial charge in [-0.2, -0.15) is 0 Å². The number of fused-ring (bicyclic) bond motifs is 1. The molecule has 1 heterocycles. The van der Waals surface area contributed by atoms with Crippen LogP contribution in [0, 0.1) is 0 Å². The van der Waals surface area contributed by atoms with E-state index >= 15 is 0 Å². The quantitative estimate of drug-likeness (QED) is 0.786. The van der Waals surface area contributed by atoms with Crippen LogP contribution in [-0.4, -0.2) is 18.8 Å². The van der Waals surface area contributed by atoms with E-state index in [9.17, 15) is 0 Å². The Balaban J connectivity index is 2.37. The van der Waals surface area contributed by atoms with Crippen LogP contribution in [0.3, 0.4) is 0 Å². The van der Waals surface area contributed by atoms with Crippen LogP contribution in [0.15, 0.2) is 28.7 Å². The maximum atomic E-state index is 6.05. The number of furan rings is 1. The minimum Gasteiger partial charge on any atom is -0.459 e. The van der Waals surface area contributed by atoms with Gasteiger partial charge in [0.1, 0.15) is 11.3 Å². The number of hydrogen-bond acceptors (Lipinski definition) is 3. The number of benzene rings is 1. The Morgan fingerprint density at radius 1 is 1.29 bits per heavy atom. The largest absolute Gasteiger partial charge is 0.459 e. The third-order valence-corrected chi connectivity index (χ3v) is 3.83. The molecule has 1 aromatic carbocycles. The van der Waals surface area contributed by atoms with Crippen LogP contribution in [0.1, 0.15) is 45.9 Å². The molecule has 4 heteroatoms. The van der Waals surface area contributed by atoms with Crippen LogP contribution >= 0.6 is 11.6 Å². The van der Waals surface area contributed by atoms with Crippen LogP contribution in [0.2, 0.25) is 5.02 Å². The molecule has 0 aliphatic rings. The Kier molecular flexibility index (Phi) is 5.31. The van der Waals surface area contributed by atoms with Crippen molar-refractivity contribution in [2.24, 2.45) is 0 Å². The van der Waals surface area contributed by atoms with Crippen molar-refractivity contribution in [1.29, 1.82) is 0 Å². The summed E-state index contributed by atoms with van der Waals surface area (Å²) in [5.41, 5.74) is 0.506. The highest BCUT2D eigenvalue weighted by Crippen LogP contribution is 2.33. The van der Waals surface area contributed by atoms with Gasteiger partial charge in [0.05, 0.1) is 11.6 Å². The van der Waals surface area contributed by atoms with Crippen LogP contribution in [-0.2, 0) is 4.74 Å². The number of ether oxygens (including phenoxy) is 1. The fraction of sp³-hybridized carbons (Fsp3) is 0.529. The maximum Gasteiger partial charge on any atom is 0.134 e. The summed E-state index contributed by atoms with van der Waals surface area (Å²) in [6.07, 6.45) is 1.06. The molecule has 0 radical (unpaired) electrons. The summed E-state index contributed by atoms with van der Waals surface area (Å²) in [6.45, 7) is 9.92. The second-order valence-electron chi connectivity index (χ2n) is 5.75. The molecule has 1 N–H and O–H groups in total. The first-order valence-corrected chi connectivity index (χ1v) is 7.92. The van der Waals surface area contributed by atoms with Gasteiger partial charge in [-0.1, -0.05) is 18.5 Å². The first kappa shape index (κ1) is 16.3. The molecule has 0 amide bonds. The van der Waals surface area contributed by atoms with E-state index in [1.165, 1.54) is 0 Å². The van der Waals surface area contributed by atoms with E-state index in [1.54, 1.807) is 0 Å². The molecule has 0 aliphatic carbocycles. The Hall–Kier alpha value is -1.03. The van der Waals surface area contributed by atoms with Crippen LogP contribution in [0.4, 0.5) is 0 Å². The molecule has 116 valence electrons. The maximum absolute atomic E-state index is 6.05. The zero-order valence-electron chi connectivity index (χ0n) is 13.2. The lowest BCUT2D eigenvalue weighted by molar-refractivity contribution is -0.0436. The van der Waals surface area contributed by atoms with Crippen LogP contribution in [0.5, 0.6) is 0 Å². The minimum atomic E-state index is -0.346. The molecular formula is C17H24ClNO2. The monoisotopic (exact) mass is 309 g/mol. The lowest BCUT2D eigenvalue weighted by Gasteiger charge is -2.33. The van der Waals surface area contributed by atoms with Gasteiger partial charge in [0, 0.05) is 17.0 Å². The topological polar surface area (TPSA) is 34.4 Å². The van der Waals surface area contributed by atoms with Gasteiger partial charge < -0.3 is 14.5 Å². The summed E-state index contributed by atoms with van der Waals surface area (Å²) < 4.78 is 11.9. The summed E-state index contributed by atoms with van der Waals surface area (Å²) >= 11 is 6.05. The van der Waals surface area contributed by atoms with E-state index in [-0.39, 0.29) is 11.6 Å². The van der Waals surface area contributed by atoms with E-state index in [1.807, 2.05) is 25.1 Å². The average molecular weight is 310 g/mol. The number of hydrogen-bond donors (Lipinski definition) is 1. The summed E-state index contributed by atoms with van der Waals surface area (Å²) in [5.74, 6) is 0.888. The zero-order valence-corrected chi connectivity index (χ0v) is 14.0. The number of rotatable bonds is 7. The average Bonchev–Trinajstić information content (AvgIpc) is 2.81. The normalized spacial score (nSPS) is 13.8. The molecule has 0 aliphatic heterocycles. The molecule has 0 spiro atoms. The Morgan fingerprint density at radius 2 is 2.05 bits per heavy atom. The summed E-state index contributed by atoms with van der Waals surface area (Å²) in [5, 5.41) is 5.28. The molecule has 0 bridgehead atoms. The van der Waals surface area contributed by atoms with Crippen LogP contribution < -0.4 is 5.32 Å². The van der Waals surface area contributed by atoms with E-state index in [0.717, 1.165) is 34.7 Å². The highest BCUT2D eigenvalue weighted by atomic mass is 35.5. The zero-order chi connectivity index (χ0) is 15.5. The Labute approximate surface area is 131 Å². The van der Waals surface area contributed by atoms with Crippen LogP contribution in [0.25, 0.3) is 11.0 Å². The highest BCUT2D eigenvalue weighted by molar-refractivity contribution is 6.31. The van der Waals surface area contributed by atoms with Crippen molar-refractivity contribution < 1.29 is 9.15 Å². The minimum absolute atomic E-state index is 0.00331. The third-order valence-electron chi connectivity index (χ3n) is 3.59. The summed E-state index contributed by atoms with van der Waals surface area (Å²) in [4.78, 5) is 0. The Bertz CT molecular complexity index is 591. The summed E-state index contributed by atoms with van der Waals surface area (Å²) in [7, 11) is 0. The fourth-order valence-electron chi connectivity index (χ4n) is 2.61. The lowest BCUT2D eigenvalue weighted by Crippen LogP contribution is -2.41. The molecule has 21 heavy (non-hydrogen) atoms. The number of nitrogens with one attached hydrogen (secondary N) is 1. The molecular weight excluding hydrogens is 286 g/mol. The van der Waals surface area contributed by atoms with Crippen molar-refractivity contribution in [2.45, 2.75) is 45.8 Å². The predicted molar refractivity (Wildman–Crippen MR) is 88.0 cm³/mol. The van der Waals surface area contributed by atoms with Gasteiger partial charge in [-0.3, -0.25) is 0 Å². The second-order valence-corrected chi connectivity index (χ2v) is 6.19. The van der Waals surface area contributed by atoms with Gasteiger partial charge in [-0.25, -0.2) is 0 Å². The molecule has 1 unspecified atom stereocenters. The van der Waals surface area contributed by atoms with Crippen molar-refractivity contribution in [2.75, 3.05) is 13.2 Å². The lowest BCUT2D eigenvalue weighted by atomic mass is 9.95.